The van der Waals surface area contributed by atoms with Gasteiger partial charge in [0.2, 0.25) is 0 Å². The normalized spacial score (nSPS) is 17.7. The first kappa shape index (κ1) is 16.6. The monoisotopic (exact) mass is 333 g/mol. The van der Waals surface area contributed by atoms with Gasteiger partial charge in [-0.05, 0) is 25.0 Å². The lowest BCUT2D eigenvalue weighted by atomic mass is 9.89. The van der Waals surface area contributed by atoms with Gasteiger partial charge in [-0.1, -0.05) is 19.3 Å². The van der Waals surface area contributed by atoms with Crippen molar-refractivity contribution < 1.29 is 23.8 Å². The molecule has 0 atom stereocenters. The van der Waals surface area contributed by atoms with Crippen molar-refractivity contribution in [2.24, 2.45) is 5.92 Å². The fourth-order valence-corrected chi connectivity index (χ4v) is 3.03. The van der Waals surface area contributed by atoms with E-state index in [1.54, 1.807) is 18.2 Å². The van der Waals surface area contributed by atoms with Crippen molar-refractivity contribution in [3.05, 3.63) is 18.2 Å². The maximum atomic E-state index is 12.0. The summed E-state index contributed by atoms with van der Waals surface area (Å²) in [5, 5.41) is 2.72. The predicted octanol–water partition coefficient (Wildman–Crippen LogP) is 2.91. The lowest BCUT2D eigenvalue weighted by molar-refractivity contribution is -0.152. The van der Waals surface area contributed by atoms with Gasteiger partial charge in [0.15, 0.2) is 18.1 Å². The van der Waals surface area contributed by atoms with Crippen molar-refractivity contribution in [3.63, 3.8) is 0 Å². The average Bonchev–Trinajstić information content (AvgIpc) is 2.85. The molecule has 1 amide bonds. The van der Waals surface area contributed by atoms with Crippen molar-refractivity contribution in [3.8, 4) is 11.5 Å². The van der Waals surface area contributed by atoms with Crippen LogP contribution >= 0.6 is 0 Å². The van der Waals surface area contributed by atoms with Gasteiger partial charge in [-0.25, -0.2) is 0 Å². The first-order chi connectivity index (χ1) is 11.7. The lowest BCUT2D eigenvalue weighted by Crippen LogP contribution is -2.26. The molecular weight excluding hydrogens is 310 g/mol. The first-order valence-corrected chi connectivity index (χ1v) is 8.58. The fraction of sp³-hybridized carbons (Fsp3) is 0.556. The Hall–Kier alpha value is -2.24. The van der Waals surface area contributed by atoms with Crippen LogP contribution in [0.25, 0.3) is 0 Å². The van der Waals surface area contributed by atoms with Crippen LogP contribution in [0.3, 0.4) is 0 Å². The van der Waals surface area contributed by atoms with Crippen LogP contribution in [0.2, 0.25) is 0 Å². The standard InChI is InChI=1S/C18H23NO5/c20-17(12-24-18(21)13-5-2-1-3-6-13)19-14-7-8-15-16(11-14)23-10-4-9-22-15/h7-8,11,13H,1-6,9-10,12H2,(H,19,20). The lowest BCUT2D eigenvalue weighted by Gasteiger charge is -2.19. The van der Waals surface area contributed by atoms with Gasteiger partial charge < -0.3 is 19.5 Å². The number of nitrogens with one attached hydrogen (secondary N) is 1. The number of rotatable bonds is 4. The number of carbonyl (C=O) groups excluding carboxylic acids is 2. The molecule has 1 fully saturated rings. The minimum Gasteiger partial charge on any atom is -0.490 e. The summed E-state index contributed by atoms with van der Waals surface area (Å²) in [6.07, 6.45) is 5.85. The van der Waals surface area contributed by atoms with Gasteiger partial charge in [0.05, 0.1) is 19.1 Å². The number of benzene rings is 1. The minimum atomic E-state index is -0.353. The molecule has 1 heterocycles. The topological polar surface area (TPSA) is 73.9 Å². The van der Waals surface area contributed by atoms with E-state index in [0.29, 0.717) is 30.4 Å². The Morgan fingerprint density at radius 3 is 2.58 bits per heavy atom. The van der Waals surface area contributed by atoms with E-state index in [9.17, 15) is 9.59 Å². The molecule has 0 unspecified atom stereocenters. The number of hydrogen-bond donors (Lipinski definition) is 1. The van der Waals surface area contributed by atoms with E-state index >= 15 is 0 Å². The molecule has 2 aliphatic rings. The summed E-state index contributed by atoms with van der Waals surface area (Å²) in [5.74, 6) is 0.625. The van der Waals surface area contributed by atoms with E-state index in [-0.39, 0.29) is 24.4 Å². The number of ether oxygens (including phenoxy) is 3. The summed E-state index contributed by atoms with van der Waals surface area (Å²) in [6, 6.07) is 5.24. The van der Waals surface area contributed by atoms with Crippen molar-refractivity contribution in [1.82, 2.24) is 0 Å². The van der Waals surface area contributed by atoms with Crippen molar-refractivity contribution in [1.29, 1.82) is 0 Å². The zero-order valence-corrected chi connectivity index (χ0v) is 13.7. The Morgan fingerprint density at radius 1 is 1.04 bits per heavy atom. The molecule has 1 saturated carbocycles. The third kappa shape index (κ3) is 4.40. The third-order valence-electron chi connectivity index (χ3n) is 4.32. The molecule has 6 nitrogen and oxygen atoms in total. The zero-order chi connectivity index (χ0) is 16.8. The zero-order valence-electron chi connectivity index (χ0n) is 13.7. The van der Waals surface area contributed by atoms with E-state index in [2.05, 4.69) is 5.32 Å². The second-order valence-electron chi connectivity index (χ2n) is 6.20. The van der Waals surface area contributed by atoms with E-state index in [1.165, 1.54) is 6.42 Å². The highest BCUT2D eigenvalue weighted by molar-refractivity contribution is 5.93. The van der Waals surface area contributed by atoms with Crippen molar-refractivity contribution in [2.75, 3.05) is 25.1 Å². The molecule has 6 heteroatoms. The molecular formula is C18H23NO5. The highest BCUT2D eigenvalue weighted by Crippen LogP contribution is 2.32. The number of hydrogen-bond acceptors (Lipinski definition) is 5. The van der Waals surface area contributed by atoms with Crippen LogP contribution < -0.4 is 14.8 Å². The molecule has 1 N–H and O–H groups in total. The molecule has 1 aromatic rings. The highest BCUT2D eigenvalue weighted by Gasteiger charge is 2.23. The molecule has 0 saturated heterocycles. The minimum absolute atomic E-state index is 0.0513. The maximum Gasteiger partial charge on any atom is 0.309 e. The summed E-state index contributed by atoms with van der Waals surface area (Å²) in [5.41, 5.74) is 0.595. The van der Waals surface area contributed by atoms with Gasteiger partial charge in [-0.3, -0.25) is 9.59 Å². The molecule has 1 aliphatic heterocycles. The number of amides is 1. The maximum absolute atomic E-state index is 12.0. The van der Waals surface area contributed by atoms with Crippen molar-refractivity contribution in [2.45, 2.75) is 38.5 Å². The van der Waals surface area contributed by atoms with Crippen LogP contribution in [0.1, 0.15) is 38.5 Å². The SMILES string of the molecule is O=C(COC(=O)C1CCCCC1)Nc1ccc2c(c1)OCCCO2. The predicted molar refractivity (Wildman–Crippen MR) is 88.2 cm³/mol. The van der Waals surface area contributed by atoms with E-state index in [0.717, 1.165) is 32.1 Å². The third-order valence-corrected chi connectivity index (χ3v) is 4.32. The summed E-state index contributed by atoms with van der Waals surface area (Å²) in [4.78, 5) is 23.9. The van der Waals surface area contributed by atoms with Gasteiger partial charge in [-0.15, -0.1) is 0 Å². The van der Waals surface area contributed by atoms with Gasteiger partial charge in [0.25, 0.3) is 5.91 Å². The Labute approximate surface area is 141 Å². The van der Waals surface area contributed by atoms with E-state index < -0.39 is 0 Å². The Kier molecular flexibility index (Phi) is 5.56. The van der Waals surface area contributed by atoms with E-state index in [4.69, 9.17) is 14.2 Å². The number of anilines is 1. The number of carbonyl (C=O) groups is 2. The quantitative estimate of drug-likeness (QED) is 0.858. The first-order valence-electron chi connectivity index (χ1n) is 8.58. The molecule has 0 bridgehead atoms. The molecule has 1 aromatic carbocycles. The number of esters is 1. The second kappa shape index (κ2) is 8.04. The largest absolute Gasteiger partial charge is 0.490 e. The Morgan fingerprint density at radius 2 is 1.79 bits per heavy atom. The summed E-state index contributed by atoms with van der Waals surface area (Å²) >= 11 is 0. The Balaban J connectivity index is 1.49. The van der Waals surface area contributed by atoms with Crippen molar-refractivity contribution >= 4 is 17.6 Å². The molecule has 130 valence electrons. The van der Waals surface area contributed by atoms with Crippen LogP contribution in [0.15, 0.2) is 18.2 Å². The number of fused-ring (bicyclic) bond motifs is 1. The molecule has 0 spiro atoms. The van der Waals surface area contributed by atoms with Crippen LogP contribution in [0, 0.1) is 5.92 Å². The van der Waals surface area contributed by atoms with Crippen LogP contribution in [-0.4, -0.2) is 31.7 Å². The average molecular weight is 333 g/mol. The van der Waals surface area contributed by atoms with Gasteiger partial charge >= 0.3 is 5.97 Å². The molecule has 0 radical (unpaired) electrons. The van der Waals surface area contributed by atoms with Gasteiger partial charge in [-0.2, -0.15) is 0 Å². The van der Waals surface area contributed by atoms with E-state index in [1.807, 2.05) is 0 Å². The Bertz CT molecular complexity index is 595. The highest BCUT2D eigenvalue weighted by atomic mass is 16.5. The molecule has 1 aliphatic carbocycles. The van der Waals surface area contributed by atoms with Gasteiger partial charge in [0, 0.05) is 18.2 Å². The smallest absolute Gasteiger partial charge is 0.309 e. The molecule has 3 rings (SSSR count). The summed E-state index contributed by atoms with van der Waals surface area (Å²) in [7, 11) is 0. The summed E-state index contributed by atoms with van der Waals surface area (Å²) < 4.78 is 16.3. The van der Waals surface area contributed by atoms with Crippen LogP contribution in [-0.2, 0) is 14.3 Å². The summed E-state index contributed by atoms with van der Waals surface area (Å²) in [6.45, 7) is 0.947. The van der Waals surface area contributed by atoms with Gasteiger partial charge in [0.1, 0.15) is 0 Å². The molecule has 24 heavy (non-hydrogen) atoms. The van der Waals surface area contributed by atoms with Crippen LogP contribution in [0.4, 0.5) is 5.69 Å². The molecule has 0 aromatic heterocycles. The fourth-order valence-electron chi connectivity index (χ4n) is 3.03. The van der Waals surface area contributed by atoms with Crippen LogP contribution in [0.5, 0.6) is 11.5 Å². The second-order valence-corrected chi connectivity index (χ2v) is 6.20.